The van der Waals surface area contributed by atoms with E-state index in [1.807, 2.05) is 31.3 Å². The number of nitrogens with zero attached hydrogens (tertiary/aromatic N) is 2. The number of esters is 1. The Morgan fingerprint density at radius 3 is 2.56 bits per heavy atom. The molecule has 5 nitrogen and oxygen atoms in total. The van der Waals surface area contributed by atoms with E-state index >= 15 is 0 Å². The van der Waals surface area contributed by atoms with Crippen molar-refractivity contribution in [3.63, 3.8) is 0 Å². The number of thiazole rings is 1. The number of halogens is 3. The van der Waals surface area contributed by atoms with Crippen molar-refractivity contribution in [2.45, 2.75) is 19.6 Å². The van der Waals surface area contributed by atoms with Crippen molar-refractivity contribution in [1.29, 1.82) is 0 Å². The van der Waals surface area contributed by atoms with Crippen LogP contribution in [0.3, 0.4) is 0 Å². The van der Waals surface area contributed by atoms with Crippen molar-refractivity contribution in [2.75, 3.05) is 13.7 Å². The predicted molar refractivity (Wildman–Crippen MR) is 116 cm³/mol. The minimum atomic E-state index is -4.36. The number of fused-ring (bicyclic) bond motifs is 1. The third-order valence-electron chi connectivity index (χ3n) is 4.99. The Bertz CT molecular complexity index is 1260. The standard InChI is InChI=1S/C23H19F3N2O3S/c1-14-20(32-22(27-14)15-3-5-17(6-4-15)23(24,25)26)12-28-10-9-16-11-18(7-8-19(16)28)31-13-21(29)30-2/h3-11H,12-13H2,1-2H3. The summed E-state index contributed by atoms with van der Waals surface area (Å²) >= 11 is 1.46. The number of aryl methyl sites for hydroxylation is 1. The molecule has 0 unspecified atom stereocenters. The zero-order valence-electron chi connectivity index (χ0n) is 17.3. The van der Waals surface area contributed by atoms with Gasteiger partial charge in [0.2, 0.25) is 0 Å². The van der Waals surface area contributed by atoms with E-state index in [1.54, 1.807) is 6.07 Å². The Balaban J connectivity index is 1.53. The van der Waals surface area contributed by atoms with Crippen molar-refractivity contribution in [3.05, 3.63) is 70.9 Å². The van der Waals surface area contributed by atoms with E-state index < -0.39 is 17.7 Å². The number of carbonyl (C=O) groups excluding carboxylic acids is 1. The number of benzene rings is 2. The molecule has 0 spiro atoms. The third-order valence-corrected chi connectivity index (χ3v) is 6.18. The van der Waals surface area contributed by atoms with Gasteiger partial charge in [-0.3, -0.25) is 0 Å². The first kappa shape index (κ1) is 21.9. The molecule has 0 bridgehead atoms. The second-order valence-electron chi connectivity index (χ2n) is 7.13. The molecule has 0 N–H and O–H groups in total. The van der Waals surface area contributed by atoms with Gasteiger partial charge in [-0.25, -0.2) is 9.78 Å². The molecule has 0 atom stereocenters. The van der Waals surface area contributed by atoms with Gasteiger partial charge < -0.3 is 14.0 Å². The van der Waals surface area contributed by atoms with Gasteiger partial charge in [0.05, 0.1) is 24.9 Å². The molecule has 0 fully saturated rings. The fraction of sp³-hybridized carbons (Fsp3) is 0.217. The van der Waals surface area contributed by atoms with Gasteiger partial charge in [-0.15, -0.1) is 11.3 Å². The molecule has 4 rings (SSSR count). The van der Waals surface area contributed by atoms with Gasteiger partial charge in [0.25, 0.3) is 0 Å². The van der Waals surface area contributed by atoms with Gasteiger partial charge in [-0.05, 0) is 43.3 Å². The summed E-state index contributed by atoms with van der Waals surface area (Å²) in [4.78, 5) is 16.8. The number of hydrogen-bond acceptors (Lipinski definition) is 5. The van der Waals surface area contributed by atoms with Crippen LogP contribution in [0.2, 0.25) is 0 Å². The van der Waals surface area contributed by atoms with Crippen molar-refractivity contribution in [1.82, 2.24) is 9.55 Å². The van der Waals surface area contributed by atoms with Gasteiger partial charge in [-0.2, -0.15) is 13.2 Å². The van der Waals surface area contributed by atoms with Crippen LogP contribution < -0.4 is 4.74 Å². The average Bonchev–Trinajstić information content (AvgIpc) is 3.34. The predicted octanol–water partition coefficient (Wildman–Crippen LogP) is 5.69. The average molecular weight is 460 g/mol. The fourth-order valence-electron chi connectivity index (χ4n) is 3.26. The SMILES string of the molecule is COC(=O)COc1ccc2c(ccn2Cc2sc(-c3ccc(C(F)(F)F)cc3)nc2C)c1. The van der Waals surface area contributed by atoms with Crippen molar-refractivity contribution in [3.8, 4) is 16.3 Å². The van der Waals surface area contributed by atoms with E-state index in [2.05, 4.69) is 14.3 Å². The highest BCUT2D eigenvalue weighted by molar-refractivity contribution is 7.15. The van der Waals surface area contributed by atoms with Crippen LogP contribution in [0.4, 0.5) is 13.2 Å². The van der Waals surface area contributed by atoms with Gasteiger partial charge in [-0.1, -0.05) is 12.1 Å². The molecule has 4 aromatic rings. The Morgan fingerprint density at radius 2 is 1.88 bits per heavy atom. The second kappa shape index (κ2) is 8.66. The van der Waals surface area contributed by atoms with Gasteiger partial charge in [0, 0.05) is 27.5 Å². The molecule has 166 valence electrons. The summed E-state index contributed by atoms with van der Waals surface area (Å²) < 4.78 is 50.5. The zero-order chi connectivity index (χ0) is 22.9. The number of hydrogen-bond donors (Lipinski definition) is 0. The van der Waals surface area contributed by atoms with Crippen LogP contribution in [0, 0.1) is 6.92 Å². The Kier molecular flexibility index (Phi) is 5.92. The van der Waals surface area contributed by atoms with E-state index in [0.717, 1.165) is 33.6 Å². The van der Waals surface area contributed by atoms with Crippen LogP contribution in [0.5, 0.6) is 5.75 Å². The normalized spacial score (nSPS) is 11.7. The molecule has 0 aliphatic heterocycles. The lowest BCUT2D eigenvalue weighted by molar-refractivity contribution is -0.143. The molecule has 0 amide bonds. The van der Waals surface area contributed by atoms with Gasteiger partial charge >= 0.3 is 12.1 Å². The van der Waals surface area contributed by atoms with Crippen LogP contribution in [-0.4, -0.2) is 29.2 Å². The summed E-state index contributed by atoms with van der Waals surface area (Å²) in [5.41, 5.74) is 1.80. The van der Waals surface area contributed by atoms with Crippen LogP contribution in [-0.2, 0) is 22.3 Å². The highest BCUT2D eigenvalue weighted by Crippen LogP contribution is 2.33. The molecule has 0 aliphatic carbocycles. The Labute approximate surface area is 186 Å². The summed E-state index contributed by atoms with van der Waals surface area (Å²) in [6.45, 7) is 2.31. The lowest BCUT2D eigenvalue weighted by Crippen LogP contribution is -2.12. The Hall–Kier alpha value is -3.33. The number of rotatable bonds is 6. The van der Waals surface area contributed by atoms with Crippen LogP contribution in [0.15, 0.2) is 54.7 Å². The maximum absolute atomic E-state index is 12.8. The first-order valence-corrected chi connectivity index (χ1v) is 10.5. The van der Waals surface area contributed by atoms with E-state index in [9.17, 15) is 18.0 Å². The topological polar surface area (TPSA) is 53.4 Å². The molecule has 2 aromatic carbocycles. The van der Waals surface area contributed by atoms with E-state index in [4.69, 9.17) is 4.74 Å². The number of aromatic nitrogens is 2. The van der Waals surface area contributed by atoms with Gasteiger partial charge in [0.15, 0.2) is 6.61 Å². The summed E-state index contributed by atoms with van der Waals surface area (Å²) in [5.74, 6) is 0.117. The first-order chi connectivity index (χ1) is 15.2. The smallest absolute Gasteiger partial charge is 0.416 e. The zero-order valence-corrected chi connectivity index (χ0v) is 18.1. The molecule has 0 aliphatic rings. The largest absolute Gasteiger partial charge is 0.482 e. The second-order valence-corrected chi connectivity index (χ2v) is 8.22. The maximum Gasteiger partial charge on any atom is 0.416 e. The molecule has 2 heterocycles. The highest BCUT2D eigenvalue weighted by atomic mass is 32.1. The molecular weight excluding hydrogens is 441 g/mol. The number of methoxy groups -OCH3 is 1. The first-order valence-electron chi connectivity index (χ1n) is 9.67. The summed E-state index contributed by atoms with van der Waals surface area (Å²) in [6.07, 6.45) is -2.41. The molecule has 0 saturated heterocycles. The third kappa shape index (κ3) is 4.62. The van der Waals surface area contributed by atoms with E-state index in [-0.39, 0.29) is 6.61 Å². The summed E-state index contributed by atoms with van der Waals surface area (Å²) in [5, 5.41) is 1.64. The lowest BCUT2D eigenvalue weighted by Gasteiger charge is -2.07. The quantitative estimate of drug-likeness (QED) is 0.347. The summed E-state index contributed by atoms with van der Waals surface area (Å²) in [6, 6.07) is 12.5. The molecule has 9 heteroatoms. The van der Waals surface area contributed by atoms with Crippen LogP contribution in [0.25, 0.3) is 21.5 Å². The minimum absolute atomic E-state index is 0.157. The van der Waals surface area contributed by atoms with Crippen molar-refractivity contribution < 1.29 is 27.4 Å². The van der Waals surface area contributed by atoms with Crippen molar-refractivity contribution in [2.24, 2.45) is 0 Å². The van der Waals surface area contributed by atoms with E-state index in [0.29, 0.717) is 22.9 Å². The maximum atomic E-state index is 12.8. The molecule has 2 aromatic heterocycles. The minimum Gasteiger partial charge on any atom is -0.482 e. The number of carbonyl (C=O) groups is 1. The monoisotopic (exact) mass is 460 g/mol. The summed E-state index contributed by atoms with van der Waals surface area (Å²) in [7, 11) is 1.30. The lowest BCUT2D eigenvalue weighted by atomic mass is 10.1. The Morgan fingerprint density at radius 1 is 1.12 bits per heavy atom. The number of alkyl halides is 3. The van der Waals surface area contributed by atoms with Gasteiger partial charge in [0.1, 0.15) is 10.8 Å². The fourth-order valence-corrected chi connectivity index (χ4v) is 4.33. The van der Waals surface area contributed by atoms with Crippen molar-refractivity contribution >= 4 is 28.2 Å². The molecule has 0 radical (unpaired) electrons. The molecular formula is C23H19F3N2O3S. The number of ether oxygens (including phenoxy) is 2. The van der Waals surface area contributed by atoms with Crippen LogP contribution in [0.1, 0.15) is 16.1 Å². The van der Waals surface area contributed by atoms with E-state index in [1.165, 1.54) is 30.6 Å². The molecule has 0 saturated carbocycles. The highest BCUT2D eigenvalue weighted by Gasteiger charge is 2.30. The molecule has 32 heavy (non-hydrogen) atoms. The van der Waals surface area contributed by atoms with Crippen LogP contribution >= 0.6 is 11.3 Å².